The summed E-state index contributed by atoms with van der Waals surface area (Å²) < 4.78 is 5.57. The molecule has 1 atom stereocenters. The number of nitrogens with one attached hydrogen (secondary N) is 1. The van der Waals surface area contributed by atoms with E-state index >= 15 is 0 Å². The van der Waals surface area contributed by atoms with E-state index in [1.54, 1.807) is 0 Å². The van der Waals surface area contributed by atoms with Crippen molar-refractivity contribution >= 4 is 5.91 Å². The normalized spacial score (nSPS) is 17.7. The predicted octanol–water partition coefficient (Wildman–Crippen LogP) is 4.64. The van der Waals surface area contributed by atoms with Crippen molar-refractivity contribution < 1.29 is 9.53 Å². The lowest BCUT2D eigenvalue weighted by Crippen LogP contribution is -2.49. The molecule has 138 valence electrons. The lowest BCUT2D eigenvalue weighted by Gasteiger charge is -2.37. The molecule has 1 N–H and O–H groups in total. The number of benzene rings is 2. The molecule has 1 fully saturated rings. The highest BCUT2D eigenvalue weighted by Crippen LogP contribution is 2.36. The number of amides is 1. The van der Waals surface area contributed by atoms with Crippen LogP contribution >= 0.6 is 0 Å². The molecular weight excluding hydrogens is 322 g/mol. The van der Waals surface area contributed by atoms with Gasteiger partial charge in [0.2, 0.25) is 5.91 Å². The topological polar surface area (TPSA) is 38.3 Å². The average Bonchev–Trinajstić information content (AvgIpc) is 2.69. The predicted molar refractivity (Wildman–Crippen MR) is 105 cm³/mol. The van der Waals surface area contributed by atoms with Crippen LogP contribution in [0.25, 0.3) is 0 Å². The standard InChI is InChI=1S/C23H29NO2/c1-18(2)17-21(19-9-5-3-6-10-19)24-22(25)23(13-15-26-16-14-23)20-11-7-4-8-12-20/h3-12,18,21H,13-17H2,1-2H3,(H,24,25)/t21-/m0/s1. The number of hydrogen-bond donors (Lipinski definition) is 1. The van der Waals surface area contributed by atoms with Gasteiger partial charge in [-0.25, -0.2) is 0 Å². The molecule has 0 aromatic heterocycles. The maximum absolute atomic E-state index is 13.5. The van der Waals surface area contributed by atoms with E-state index < -0.39 is 5.41 Å². The van der Waals surface area contributed by atoms with E-state index in [-0.39, 0.29) is 11.9 Å². The molecule has 1 saturated heterocycles. The molecule has 0 radical (unpaired) electrons. The summed E-state index contributed by atoms with van der Waals surface area (Å²) in [6.07, 6.45) is 2.38. The molecule has 1 aliphatic heterocycles. The van der Waals surface area contributed by atoms with Crippen LogP contribution in [0.2, 0.25) is 0 Å². The van der Waals surface area contributed by atoms with Crippen LogP contribution < -0.4 is 5.32 Å². The van der Waals surface area contributed by atoms with Crippen LogP contribution in [0.15, 0.2) is 60.7 Å². The fraction of sp³-hybridized carbons (Fsp3) is 0.435. The van der Waals surface area contributed by atoms with Crippen molar-refractivity contribution in [2.45, 2.75) is 44.6 Å². The summed E-state index contributed by atoms with van der Waals surface area (Å²) in [4.78, 5) is 13.5. The Kier molecular flexibility index (Phi) is 6.10. The van der Waals surface area contributed by atoms with Gasteiger partial charge in [-0.05, 0) is 36.3 Å². The number of hydrogen-bond acceptors (Lipinski definition) is 2. The summed E-state index contributed by atoms with van der Waals surface area (Å²) >= 11 is 0. The van der Waals surface area contributed by atoms with Crippen molar-refractivity contribution in [2.75, 3.05) is 13.2 Å². The highest BCUT2D eigenvalue weighted by Gasteiger charge is 2.42. The summed E-state index contributed by atoms with van der Waals surface area (Å²) in [6, 6.07) is 20.5. The first kappa shape index (κ1) is 18.7. The van der Waals surface area contributed by atoms with Crippen molar-refractivity contribution in [2.24, 2.45) is 5.92 Å². The van der Waals surface area contributed by atoms with Crippen molar-refractivity contribution in [3.05, 3.63) is 71.8 Å². The van der Waals surface area contributed by atoms with Crippen molar-refractivity contribution in [1.82, 2.24) is 5.32 Å². The van der Waals surface area contributed by atoms with Gasteiger partial charge in [0, 0.05) is 13.2 Å². The fourth-order valence-electron chi connectivity index (χ4n) is 3.86. The molecule has 2 aromatic carbocycles. The van der Waals surface area contributed by atoms with Crippen LogP contribution in [-0.2, 0) is 14.9 Å². The molecule has 0 spiro atoms. The van der Waals surface area contributed by atoms with Crippen LogP contribution in [0.3, 0.4) is 0 Å². The van der Waals surface area contributed by atoms with Gasteiger partial charge in [0.05, 0.1) is 11.5 Å². The number of rotatable bonds is 6. The Bertz CT molecular complexity index is 691. The third kappa shape index (κ3) is 4.16. The van der Waals surface area contributed by atoms with Gasteiger partial charge in [-0.2, -0.15) is 0 Å². The van der Waals surface area contributed by atoms with Gasteiger partial charge >= 0.3 is 0 Å². The highest BCUT2D eigenvalue weighted by atomic mass is 16.5. The minimum atomic E-state index is -0.497. The summed E-state index contributed by atoms with van der Waals surface area (Å²) in [5.74, 6) is 0.629. The second kappa shape index (κ2) is 8.50. The van der Waals surface area contributed by atoms with Crippen LogP contribution in [0.5, 0.6) is 0 Å². The van der Waals surface area contributed by atoms with Gasteiger partial charge in [-0.3, -0.25) is 4.79 Å². The second-order valence-electron chi connectivity index (χ2n) is 7.63. The zero-order valence-electron chi connectivity index (χ0n) is 15.8. The van der Waals surface area contributed by atoms with E-state index in [1.807, 2.05) is 36.4 Å². The smallest absolute Gasteiger partial charge is 0.231 e. The van der Waals surface area contributed by atoms with Crippen LogP contribution in [0.4, 0.5) is 0 Å². The quantitative estimate of drug-likeness (QED) is 0.823. The first-order valence-corrected chi connectivity index (χ1v) is 9.61. The number of carbonyl (C=O) groups excluding carboxylic acids is 1. The Morgan fingerprint density at radius 3 is 2.15 bits per heavy atom. The van der Waals surface area contributed by atoms with Crippen LogP contribution in [-0.4, -0.2) is 19.1 Å². The molecule has 3 heteroatoms. The minimum absolute atomic E-state index is 0.0344. The summed E-state index contributed by atoms with van der Waals surface area (Å²) in [7, 11) is 0. The van der Waals surface area contributed by atoms with Crippen LogP contribution in [0.1, 0.15) is 50.3 Å². The monoisotopic (exact) mass is 351 g/mol. The largest absolute Gasteiger partial charge is 0.381 e. The van der Waals surface area contributed by atoms with Crippen molar-refractivity contribution in [3.63, 3.8) is 0 Å². The fourth-order valence-corrected chi connectivity index (χ4v) is 3.86. The molecule has 1 heterocycles. The lowest BCUT2D eigenvalue weighted by molar-refractivity contribution is -0.131. The maximum Gasteiger partial charge on any atom is 0.231 e. The first-order chi connectivity index (χ1) is 12.6. The minimum Gasteiger partial charge on any atom is -0.381 e. The molecule has 3 nitrogen and oxygen atoms in total. The average molecular weight is 351 g/mol. The molecule has 3 rings (SSSR count). The zero-order valence-corrected chi connectivity index (χ0v) is 15.8. The molecule has 0 aliphatic carbocycles. The van der Waals surface area contributed by atoms with E-state index in [0.717, 1.165) is 24.8 Å². The SMILES string of the molecule is CC(C)C[C@H](NC(=O)C1(c2ccccc2)CCOCC1)c1ccccc1. The van der Waals surface area contributed by atoms with Crippen LogP contribution in [0, 0.1) is 5.92 Å². The van der Waals surface area contributed by atoms with Gasteiger partial charge in [0.1, 0.15) is 0 Å². The van der Waals surface area contributed by atoms with E-state index in [2.05, 4.69) is 43.4 Å². The van der Waals surface area contributed by atoms with E-state index in [4.69, 9.17) is 4.74 Å². The molecule has 0 saturated carbocycles. The Morgan fingerprint density at radius 1 is 1.00 bits per heavy atom. The van der Waals surface area contributed by atoms with E-state index in [1.165, 1.54) is 5.56 Å². The maximum atomic E-state index is 13.5. The molecule has 2 aromatic rings. The molecule has 0 bridgehead atoms. The lowest BCUT2D eigenvalue weighted by atomic mass is 9.73. The number of ether oxygens (including phenoxy) is 1. The molecule has 26 heavy (non-hydrogen) atoms. The zero-order chi connectivity index (χ0) is 18.4. The third-order valence-corrected chi connectivity index (χ3v) is 5.32. The molecule has 0 unspecified atom stereocenters. The van der Waals surface area contributed by atoms with Gasteiger partial charge < -0.3 is 10.1 Å². The Labute approximate surface area is 156 Å². The molecule has 1 amide bonds. The van der Waals surface area contributed by atoms with E-state index in [0.29, 0.717) is 19.1 Å². The van der Waals surface area contributed by atoms with Crippen molar-refractivity contribution in [1.29, 1.82) is 0 Å². The Balaban J connectivity index is 1.88. The molecule has 1 aliphatic rings. The second-order valence-corrected chi connectivity index (χ2v) is 7.63. The third-order valence-electron chi connectivity index (χ3n) is 5.32. The first-order valence-electron chi connectivity index (χ1n) is 9.61. The summed E-state index contributed by atoms with van der Waals surface area (Å²) in [6.45, 7) is 5.65. The van der Waals surface area contributed by atoms with Gasteiger partial charge in [0.25, 0.3) is 0 Å². The highest BCUT2D eigenvalue weighted by molar-refractivity contribution is 5.88. The van der Waals surface area contributed by atoms with Gasteiger partial charge in [-0.15, -0.1) is 0 Å². The van der Waals surface area contributed by atoms with Crippen molar-refractivity contribution in [3.8, 4) is 0 Å². The molecular formula is C23H29NO2. The summed E-state index contributed by atoms with van der Waals surface area (Å²) in [5.41, 5.74) is 1.77. The van der Waals surface area contributed by atoms with Gasteiger partial charge in [0.15, 0.2) is 0 Å². The summed E-state index contributed by atoms with van der Waals surface area (Å²) in [5, 5.41) is 3.38. The van der Waals surface area contributed by atoms with E-state index in [9.17, 15) is 4.79 Å². The Morgan fingerprint density at radius 2 is 1.58 bits per heavy atom. The Hall–Kier alpha value is -2.13. The van der Waals surface area contributed by atoms with Gasteiger partial charge in [-0.1, -0.05) is 74.5 Å². The number of carbonyl (C=O) groups is 1.